The van der Waals surface area contributed by atoms with Gasteiger partial charge in [-0.15, -0.1) is 0 Å². The molecule has 27 heavy (non-hydrogen) atoms. The minimum Gasteiger partial charge on any atom is -0.285 e. The van der Waals surface area contributed by atoms with Crippen LogP contribution in [0.15, 0.2) is 78.1 Å². The van der Waals surface area contributed by atoms with Crippen LogP contribution in [-0.4, -0.2) is 30.1 Å². The molecule has 0 amide bonds. The van der Waals surface area contributed by atoms with E-state index in [9.17, 15) is 8.42 Å². The van der Waals surface area contributed by atoms with Crippen molar-refractivity contribution >= 4 is 20.9 Å². The molecule has 4 aromatic rings. The van der Waals surface area contributed by atoms with Crippen LogP contribution < -0.4 is 4.72 Å². The maximum atomic E-state index is 12.5. The van der Waals surface area contributed by atoms with E-state index in [1.54, 1.807) is 30.7 Å². The lowest BCUT2D eigenvalue weighted by molar-refractivity contribution is 0.581. The molecule has 0 aliphatic heterocycles. The van der Waals surface area contributed by atoms with E-state index in [2.05, 4.69) is 19.9 Å². The summed E-state index contributed by atoms with van der Waals surface area (Å²) in [6.07, 6.45) is 5.78. The van der Waals surface area contributed by atoms with Gasteiger partial charge in [0.25, 0.3) is 0 Å². The molecular formula is C20H18N4O2S. The number of pyridine rings is 1. The molecule has 136 valence electrons. The molecule has 2 N–H and O–H groups in total. The van der Waals surface area contributed by atoms with Crippen LogP contribution in [0.4, 0.5) is 0 Å². The number of nitrogens with one attached hydrogen (secondary N) is 2. The highest BCUT2D eigenvalue weighted by molar-refractivity contribution is 7.89. The zero-order valence-corrected chi connectivity index (χ0v) is 15.3. The minimum absolute atomic E-state index is 0.247. The average Bonchev–Trinajstić information content (AvgIpc) is 3.21. The first-order chi connectivity index (χ1) is 13.1. The fraction of sp³-hybridized carbons (Fsp3) is 0.100. The standard InChI is InChI=1S/C20H18N4O2S/c25-27(26,24-12-10-15-13-22-23-14-15)17-8-6-16(7-9-17)18-3-1-5-20-19(18)4-2-11-21-20/h1-9,11,13-14,24H,10,12H2,(H,22,23). The molecule has 0 atom stereocenters. The van der Waals surface area contributed by atoms with Crippen molar-refractivity contribution in [2.75, 3.05) is 6.54 Å². The zero-order chi connectivity index (χ0) is 18.7. The summed E-state index contributed by atoms with van der Waals surface area (Å²) in [7, 11) is -3.55. The number of nitrogens with zero attached hydrogens (tertiary/aromatic N) is 2. The summed E-state index contributed by atoms with van der Waals surface area (Å²) in [6.45, 7) is 0.318. The number of aromatic amines is 1. The highest BCUT2D eigenvalue weighted by Crippen LogP contribution is 2.28. The Kier molecular flexibility index (Phi) is 4.70. The molecule has 0 aliphatic carbocycles. The number of benzene rings is 2. The molecule has 2 aromatic heterocycles. The molecule has 0 fully saturated rings. The number of fused-ring (bicyclic) bond motifs is 1. The van der Waals surface area contributed by atoms with E-state index < -0.39 is 10.0 Å². The fourth-order valence-electron chi connectivity index (χ4n) is 3.00. The summed E-state index contributed by atoms with van der Waals surface area (Å²) in [6, 6.07) is 16.7. The molecule has 0 aliphatic rings. The molecule has 0 bridgehead atoms. The van der Waals surface area contributed by atoms with Crippen molar-refractivity contribution in [3.05, 3.63) is 78.8 Å². The molecule has 0 unspecified atom stereocenters. The first-order valence-electron chi connectivity index (χ1n) is 8.55. The van der Waals surface area contributed by atoms with Gasteiger partial charge in [-0.05, 0) is 47.4 Å². The molecule has 0 saturated heterocycles. The summed E-state index contributed by atoms with van der Waals surface area (Å²) in [4.78, 5) is 4.61. The molecular weight excluding hydrogens is 360 g/mol. The van der Waals surface area contributed by atoms with E-state index in [1.165, 1.54) is 0 Å². The van der Waals surface area contributed by atoms with Gasteiger partial charge in [-0.25, -0.2) is 13.1 Å². The van der Waals surface area contributed by atoms with Gasteiger partial charge >= 0.3 is 0 Å². The lowest BCUT2D eigenvalue weighted by Crippen LogP contribution is -2.25. The van der Waals surface area contributed by atoms with Crippen LogP contribution in [0.25, 0.3) is 22.0 Å². The number of hydrogen-bond acceptors (Lipinski definition) is 4. The second-order valence-corrected chi connectivity index (χ2v) is 7.92. The van der Waals surface area contributed by atoms with Crippen LogP contribution in [0, 0.1) is 0 Å². The lowest BCUT2D eigenvalue weighted by Gasteiger charge is -2.09. The third-order valence-corrected chi connectivity index (χ3v) is 5.86. The van der Waals surface area contributed by atoms with Crippen molar-refractivity contribution < 1.29 is 8.42 Å². The van der Waals surface area contributed by atoms with Gasteiger partial charge in [0.2, 0.25) is 10.0 Å². The smallest absolute Gasteiger partial charge is 0.240 e. The highest BCUT2D eigenvalue weighted by atomic mass is 32.2. The van der Waals surface area contributed by atoms with Gasteiger partial charge in [0, 0.05) is 24.3 Å². The van der Waals surface area contributed by atoms with E-state index in [-0.39, 0.29) is 4.90 Å². The van der Waals surface area contributed by atoms with Crippen LogP contribution >= 0.6 is 0 Å². The maximum absolute atomic E-state index is 12.5. The SMILES string of the molecule is O=S(=O)(NCCc1cn[nH]c1)c1ccc(-c2cccc3ncccc23)cc1. The second-order valence-electron chi connectivity index (χ2n) is 6.15. The van der Waals surface area contributed by atoms with E-state index in [0.29, 0.717) is 13.0 Å². The molecule has 7 heteroatoms. The zero-order valence-electron chi connectivity index (χ0n) is 14.5. The summed E-state index contributed by atoms with van der Waals surface area (Å²) in [5.41, 5.74) is 3.84. The van der Waals surface area contributed by atoms with E-state index in [4.69, 9.17) is 0 Å². The summed E-state index contributed by atoms with van der Waals surface area (Å²) in [5.74, 6) is 0. The third kappa shape index (κ3) is 3.74. The molecule has 0 saturated carbocycles. The molecule has 2 heterocycles. The van der Waals surface area contributed by atoms with E-state index in [0.717, 1.165) is 27.6 Å². The Morgan fingerprint density at radius 3 is 2.63 bits per heavy atom. The Bertz CT molecular complexity index is 1150. The van der Waals surface area contributed by atoms with Crippen LogP contribution in [-0.2, 0) is 16.4 Å². The maximum Gasteiger partial charge on any atom is 0.240 e. The van der Waals surface area contributed by atoms with Crippen LogP contribution in [0.2, 0.25) is 0 Å². The van der Waals surface area contributed by atoms with Crippen molar-refractivity contribution in [3.8, 4) is 11.1 Å². The first-order valence-corrected chi connectivity index (χ1v) is 10.0. The van der Waals surface area contributed by atoms with Gasteiger partial charge in [0.05, 0.1) is 16.6 Å². The number of H-pyrrole nitrogens is 1. The van der Waals surface area contributed by atoms with Crippen LogP contribution in [0.3, 0.4) is 0 Å². The monoisotopic (exact) mass is 378 g/mol. The van der Waals surface area contributed by atoms with Gasteiger partial charge in [-0.2, -0.15) is 5.10 Å². The largest absolute Gasteiger partial charge is 0.285 e. The number of hydrogen-bond donors (Lipinski definition) is 2. The first kappa shape index (κ1) is 17.4. The quantitative estimate of drug-likeness (QED) is 0.539. The Morgan fingerprint density at radius 2 is 1.85 bits per heavy atom. The van der Waals surface area contributed by atoms with Crippen molar-refractivity contribution in [1.29, 1.82) is 0 Å². The number of aromatic nitrogens is 3. The highest BCUT2D eigenvalue weighted by Gasteiger charge is 2.14. The Morgan fingerprint density at radius 1 is 1.00 bits per heavy atom. The molecule has 0 radical (unpaired) electrons. The van der Waals surface area contributed by atoms with Crippen LogP contribution in [0.5, 0.6) is 0 Å². The van der Waals surface area contributed by atoms with Gasteiger partial charge in [-0.1, -0.05) is 30.3 Å². The van der Waals surface area contributed by atoms with E-state index >= 15 is 0 Å². The lowest BCUT2D eigenvalue weighted by atomic mass is 10.0. The van der Waals surface area contributed by atoms with Crippen molar-refractivity contribution in [2.24, 2.45) is 0 Å². The minimum atomic E-state index is -3.55. The molecule has 4 rings (SSSR count). The second kappa shape index (κ2) is 7.30. The van der Waals surface area contributed by atoms with Gasteiger partial charge in [0.1, 0.15) is 0 Å². The topological polar surface area (TPSA) is 87.7 Å². The molecule has 0 spiro atoms. The fourth-order valence-corrected chi connectivity index (χ4v) is 4.03. The molecule has 6 nitrogen and oxygen atoms in total. The predicted octanol–water partition coefficient (Wildman–Crippen LogP) is 3.15. The summed E-state index contributed by atoms with van der Waals surface area (Å²) >= 11 is 0. The van der Waals surface area contributed by atoms with Crippen LogP contribution in [0.1, 0.15) is 5.56 Å². The Hall–Kier alpha value is -3.03. The van der Waals surface area contributed by atoms with E-state index in [1.807, 2.05) is 42.5 Å². The third-order valence-electron chi connectivity index (χ3n) is 4.38. The van der Waals surface area contributed by atoms with Gasteiger partial charge in [-0.3, -0.25) is 10.1 Å². The van der Waals surface area contributed by atoms with Crippen molar-refractivity contribution in [1.82, 2.24) is 19.9 Å². The van der Waals surface area contributed by atoms with Gasteiger partial charge < -0.3 is 0 Å². The predicted molar refractivity (Wildman–Crippen MR) is 105 cm³/mol. The Labute approximate surface area is 157 Å². The average molecular weight is 378 g/mol. The summed E-state index contributed by atoms with van der Waals surface area (Å²) < 4.78 is 27.6. The van der Waals surface area contributed by atoms with Gasteiger partial charge in [0.15, 0.2) is 0 Å². The summed E-state index contributed by atoms with van der Waals surface area (Å²) in [5, 5.41) is 7.60. The number of sulfonamides is 1. The van der Waals surface area contributed by atoms with Crippen molar-refractivity contribution in [2.45, 2.75) is 11.3 Å². The number of rotatable bonds is 6. The normalized spacial score (nSPS) is 11.7. The van der Waals surface area contributed by atoms with Crippen molar-refractivity contribution in [3.63, 3.8) is 0 Å². The molecule has 2 aromatic carbocycles. The Balaban J connectivity index is 1.54.